The van der Waals surface area contributed by atoms with Gasteiger partial charge >= 0.3 is 0 Å². The monoisotopic (exact) mass is 410 g/mol. The van der Waals surface area contributed by atoms with Gasteiger partial charge in [0.15, 0.2) is 5.96 Å². The standard InChI is InChI=1S/C24H34N4O2/c1-3-25-24(26-15-18-30-23-11-9-22(29-2)10-12-23)27-21-13-16-28(17-14-21)19-20-7-5-4-6-8-20/h4-12,21H,3,13-19H2,1-2H3,(H2,25,26,27). The summed E-state index contributed by atoms with van der Waals surface area (Å²) in [5, 5.41) is 6.94. The summed E-state index contributed by atoms with van der Waals surface area (Å²) in [7, 11) is 1.66. The van der Waals surface area contributed by atoms with Gasteiger partial charge in [0.1, 0.15) is 18.1 Å². The van der Waals surface area contributed by atoms with Crippen LogP contribution in [0.4, 0.5) is 0 Å². The highest BCUT2D eigenvalue weighted by Gasteiger charge is 2.19. The zero-order valence-electron chi connectivity index (χ0n) is 18.1. The summed E-state index contributed by atoms with van der Waals surface area (Å²) in [4.78, 5) is 7.20. The fraction of sp³-hybridized carbons (Fsp3) is 0.458. The Morgan fingerprint density at radius 2 is 1.73 bits per heavy atom. The van der Waals surface area contributed by atoms with E-state index in [0.717, 1.165) is 56.5 Å². The number of nitrogens with one attached hydrogen (secondary N) is 2. The minimum absolute atomic E-state index is 0.456. The van der Waals surface area contributed by atoms with Crippen LogP contribution in [-0.4, -0.2) is 56.8 Å². The van der Waals surface area contributed by atoms with E-state index in [-0.39, 0.29) is 0 Å². The van der Waals surface area contributed by atoms with Crippen molar-refractivity contribution in [2.45, 2.75) is 32.4 Å². The number of piperidine rings is 1. The molecule has 2 aromatic carbocycles. The largest absolute Gasteiger partial charge is 0.497 e. The number of nitrogens with zero attached hydrogens (tertiary/aromatic N) is 2. The van der Waals surface area contributed by atoms with Crippen LogP contribution in [0.25, 0.3) is 0 Å². The summed E-state index contributed by atoms with van der Waals surface area (Å²) in [5.41, 5.74) is 1.38. The lowest BCUT2D eigenvalue weighted by atomic mass is 10.0. The first-order valence-corrected chi connectivity index (χ1v) is 10.8. The Labute approximate surface area is 180 Å². The van der Waals surface area contributed by atoms with Gasteiger partial charge in [0.05, 0.1) is 13.7 Å². The van der Waals surface area contributed by atoms with Gasteiger partial charge in [0, 0.05) is 32.2 Å². The molecule has 0 spiro atoms. The van der Waals surface area contributed by atoms with Crippen molar-refractivity contribution in [2.75, 3.05) is 39.9 Å². The molecule has 1 fully saturated rings. The van der Waals surface area contributed by atoms with Crippen molar-refractivity contribution in [3.63, 3.8) is 0 Å². The molecule has 6 nitrogen and oxygen atoms in total. The van der Waals surface area contributed by atoms with Crippen molar-refractivity contribution >= 4 is 5.96 Å². The van der Waals surface area contributed by atoms with Crippen LogP contribution in [0.5, 0.6) is 11.5 Å². The molecule has 3 rings (SSSR count). The fourth-order valence-corrected chi connectivity index (χ4v) is 3.58. The van der Waals surface area contributed by atoms with E-state index in [1.165, 1.54) is 5.56 Å². The maximum atomic E-state index is 5.77. The molecule has 2 aromatic rings. The SMILES string of the molecule is CCNC(=NCCOc1ccc(OC)cc1)NC1CCN(Cc2ccccc2)CC1. The van der Waals surface area contributed by atoms with E-state index in [4.69, 9.17) is 9.47 Å². The van der Waals surface area contributed by atoms with E-state index in [1.807, 2.05) is 24.3 Å². The zero-order valence-corrected chi connectivity index (χ0v) is 18.1. The number of likely N-dealkylation sites (tertiary alicyclic amines) is 1. The lowest BCUT2D eigenvalue weighted by Crippen LogP contribution is -2.48. The third kappa shape index (κ3) is 7.26. The highest BCUT2D eigenvalue weighted by Crippen LogP contribution is 2.17. The fourth-order valence-electron chi connectivity index (χ4n) is 3.58. The van der Waals surface area contributed by atoms with E-state index in [0.29, 0.717) is 19.2 Å². The highest BCUT2D eigenvalue weighted by atomic mass is 16.5. The van der Waals surface area contributed by atoms with Gasteiger partial charge in [-0.15, -0.1) is 0 Å². The second kappa shape index (κ2) is 12.1. The van der Waals surface area contributed by atoms with Crippen LogP contribution in [0, 0.1) is 0 Å². The van der Waals surface area contributed by atoms with Gasteiger partial charge in [-0.25, -0.2) is 4.99 Å². The summed E-state index contributed by atoms with van der Waals surface area (Å²) in [6, 6.07) is 18.8. The average molecular weight is 411 g/mol. The molecule has 0 bridgehead atoms. The molecule has 1 aliphatic rings. The van der Waals surface area contributed by atoms with Crippen molar-refractivity contribution in [3.8, 4) is 11.5 Å². The molecule has 0 amide bonds. The number of rotatable bonds is 9. The van der Waals surface area contributed by atoms with Gasteiger partial charge in [0.2, 0.25) is 0 Å². The molecule has 1 aliphatic heterocycles. The van der Waals surface area contributed by atoms with Crippen LogP contribution in [0.2, 0.25) is 0 Å². The molecule has 30 heavy (non-hydrogen) atoms. The number of aliphatic imine (C=N–C) groups is 1. The van der Waals surface area contributed by atoms with Crippen LogP contribution in [-0.2, 0) is 6.54 Å². The second-order valence-corrected chi connectivity index (χ2v) is 7.47. The molecule has 0 aromatic heterocycles. The Morgan fingerprint density at radius 1 is 1.03 bits per heavy atom. The van der Waals surface area contributed by atoms with Crippen molar-refractivity contribution in [1.29, 1.82) is 0 Å². The number of ether oxygens (including phenoxy) is 2. The number of guanidine groups is 1. The van der Waals surface area contributed by atoms with E-state index < -0.39 is 0 Å². The molecule has 0 saturated carbocycles. The molecule has 1 heterocycles. The summed E-state index contributed by atoms with van der Waals surface area (Å²) >= 11 is 0. The minimum atomic E-state index is 0.456. The summed E-state index contributed by atoms with van der Waals surface area (Å²) < 4.78 is 10.9. The minimum Gasteiger partial charge on any atom is -0.497 e. The lowest BCUT2D eigenvalue weighted by Gasteiger charge is -2.33. The summed E-state index contributed by atoms with van der Waals surface area (Å²) in [6.45, 7) is 7.32. The van der Waals surface area contributed by atoms with Crippen LogP contribution >= 0.6 is 0 Å². The van der Waals surface area contributed by atoms with Gasteiger partial charge in [0.25, 0.3) is 0 Å². The van der Waals surface area contributed by atoms with E-state index in [9.17, 15) is 0 Å². The van der Waals surface area contributed by atoms with Crippen molar-refractivity contribution in [1.82, 2.24) is 15.5 Å². The first kappa shape index (κ1) is 22.0. The molecule has 162 valence electrons. The maximum Gasteiger partial charge on any atom is 0.191 e. The Balaban J connectivity index is 1.40. The quantitative estimate of drug-likeness (QED) is 0.377. The van der Waals surface area contributed by atoms with Crippen LogP contribution < -0.4 is 20.1 Å². The van der Waals surface area contributed by atoms with Crippen molar-refractivity contribution < 1.29 is 9.47 Å². The number of hydrogen-bond acceptors (Lipinski definition) is 4. The maximum absolute atomic E-state index is 5.77. The molecule has 0 unspecified atom stereocenters. The first-order chi connectivity index (χ1) is 14.8. The third-order valence-electron chi connectivity index (χ3n) is 5.21. The van der Waals surface area contributed by atoms with Gasteiger partial charge in [-0.05, 0) is 49.6 Å². The highest BCUT2D eigenvalue weighted by molar-refractivity contribution is 5.80. The normalized spacial score (nSPS) is 15.6. The van der Waals surface area contributed by atoms with Gasteiger partial charge < -0.3 is 20.1 Å². The van der Waals surface area contributed by atoms with Gasteiger partial charge in [-0.3, -0.25) is 4.90 Å². The Morgan fingerprint density at radius 3 is 2.40 bits per heavy atom. The Kier molecular flexibility index (Phi) is 8.84. The molecule has 0 aliphatic carbocycles. The molecule has 6 heteroatoms. The summed E-state index contributed by atoms with van der Waals surface area (Å²) in [5.74, 6) is 2.53. The van der Waals surface area contributed by atoms with Gasteiger partial charge in [-0.2, -0.15) is 0 Å². The molecule has 2 N–H and O–H groups in total. The zero-order chi connectivity index (χ0) is 21.0. The van der Waals surface area contributed by atoms with Crippen molar-refractivity contribution in [2.24, 2.45) is 4.99 Å². The number of hydrogen-bond donors (Lipinski definition) is 2. The summed E-state index contributed by atoms with van der Waals surface area (Å²) in [6.07, 6.45) is 2.25. The molecule has 0 radical (unpaired) electrons. The Hall–Kier alpha value is -2.73. The van der Waals surface area contributed by atoms with Crippen LogP contribution in [0.15, 0.2) is 59.6 Å². The molecular formula is C24H34N4O2. The van der Waals surface area contributed by atoms with Gasteiger partial charge in [-0.1, -0.05) is 30.3 Å². The van der Waals surface area contributed by atoms with E-state index in [1.54, 1.807) is 7.11 Å². The predicted octanol–water partition coefficient (Wildman–Crippen LogP) is 3.29. The smallest absolute Gasteiger partial charge is 0.191 e. The molecule has 1 saturated heterocycles. The van der Waals surface area contributed by atoms with E-state index in [2.05, 4.69) is 57.8 Å². The first-order valence-electron chi connectivity index (χ1n) is 10.8. The van der Waals surface area contributed by atoms with Crippen molar-refractivity contribution in [3.05, 3.63) is 60.2 Å². The lowest BCUT2D eigenvalue weighted by molar-refractivity contribution is 0.198. The topological polar surface area (TPSA) is 58.1 Å². The molecule has 0 atom stereocenters. The molecular weight excluding hydrogens is 376 g/mol. The Bertz CT molecular complexity index is 757. The third-order valence-corrected chi connectivity index (χ3v) is 5.21. The number of benzene rings is 2. The van der Waals surface area contributed by atoms with E-state index >= 15 is 0 Å². The van der Waals surface area contributed by atoms with Crippen LogP contribution in [0.3, 0.4) is 0 Å². The average Bonchev–Trinajstić information content (AvgIpc) is 2.79. The number of methoxy groups -OCH3 is 1. The predicted molar refractivity (Wildman–Crippen MR) is 122 cm³/mol. The second-order valence-electron chi connectivity index (χ2n) is 7.47. The van der Waals surface area contributed by atoms with Crippen LogP contribution in [0.1, 0.15) is 25.3 Å².